The molecule has 0 saturated carbocycles. The molecule has 0 atom stereocenters. The van der Waals surface area contributed by atoms with Gasteiger partial charge >= 0.3 is 5.97 Å². The van der Waals surface area contributed by atoms with Gasteiger partial charge in [0.25, 0.3) is 5.78 Å². The van der Waals surface area contributed by atoms with E-state index in [2.05, 4.69) is 0 Å². The summed E-state index contributed by atoms with van der Waals surface area (Å²) in [5.74, 6) is -3.57. The van der Waals surface area contributed by atoms with Crippen LogP contribution in [0.25, 0.3) is 0 Å². The summed E-state index contributed by atoms with van der Waals surface area (Å²) in [7, 11) is 2.59. The third kappa shape index (κ3) is 2.26. The second kappa shape index (κ2) is 4.92. The third-order valence-corrected chi connectivity index (χ3v) is 2.38. The zero-order chi connectivity index (χ0) is 13.2. The van der Waals surface area contributed by atoms with Gasteiger partial charge in [-0.2, -0.15) is 0 Å². The highest BCUT2D eigenvalue weighted by atomic mass is 35.5. The Kier molecular flexibility index (Phi) is 3.80. The molecule has 0 unspecified atom stereocenters. The Morgan fingerprint density at radius 2 is 1.88 bits per heavy atom. The largest absolute Gasteiger partial charge is 0.505 e. The first-order valence-corrected chi connectivity index (χ1v) is 4.72. The molecule has 6 nitrogen and oxygen atoms in total. The first-order chi connectivity index (χ1) is 7.93. The predicted molar refractivity (Wildman–Crippen MR) is 58.2 cm³/mol. The molecular formula is C10H9ClO6. The van der Waals surface area contributed by atoms with Crippen LogP contribution in [-0.2, 0) is 4.79 Å². The molecule has 0 aliphatic carbocycles. The van der Waals surface area contributed by atoms with Crippen LogP contribution >= 0.6 is 11.6 Å². The molecule has 0 aromatic heterocycles. The van der Waals surface area contributed by atoms with E-state index in [0.717, 1.165) is 6.07 Å². The maximum absolute atomic E-state index is 11.3. The van der Waals surface area contributed by atoms with Crippen LogP contribution in [0, 0.1) is 0 Å². The lowest BCUT2D eigenvalue weighted by atomic mass is 10.1. The van der Waals surface area contributed by atoms with Gasteiger partial charge in [0.2, 0.25) is 0 Å². The van der Waals surface area contributed by atoms with E-state index in [1.54, 1.807) is 0 Å². The van der Waals surface area contributed by atoms with Crippen LogP contribution in [-0.4, -0.2) is 36.2 Å². The summed E-state index contributed by atoms with van der Waals surface area (Å²) in [6, 6.07) is 1.05. The highest BCUT2D eigenvalue weighted by Crippen LogP contribution is 2.43. The smallest absolute Gasteiger partial charge is 0.377 e. The fraction of sp³-hybridized carbons (Fsp3) is 0.200. The number of ketones is 1. The molecule has 7 heteroatoms. The summed E-state index contributed by atoms with van der Waals surface area (Å²) < 4.78 is 9.74. The molecule has 92 valence electrons. The van der Waals surface area contributed by atoms with Crippen LogP contribution in [0.4, 0.5) is 0 Å². The highest BCUT2D eigenvalue weighted by molar-refractivity contribution is 6.42. The van der Waals surface area contributed by atoms with Crippen molar-refractivity contribution < 1.29 is 29.3 Å². The third-order valence-electron chi connectivity index (χ3n) is 2.02. The average molecular weight is 261 g/mol. The zero-order valence-electron chi connectivity index (χ0n) is 8.98. The van der Waals surface area contributed by atoms with Crippen LogP contribution < -0.4 is 9.47 Å². The Bertz CT molecular complexity index is 482. The topological polar surface area (TPSA) is 93.1 Å². The van der Waals surface area contributed by atoms with Crippen LogP contribution in [0.15, 0.2) is 6.07 Å². The van der Waals surface area contributed by atoms with Crippen molar-refractivity contribution in [2.75, 3.05) is 14.2 Å². The van der Waals surface area contributed by atoms with Gasteiger partial charge in [0.15, 0.2) is 11.5 Å². The minimum atomic E-state index is -1.71. The van der Waals surface area contributed by atoms with Gasteiger partial charge in [-0.25, -0.2) is 4.79 Å². The van der Waals surface area contributed by atoms with Gasteiger partial charge in [0, 0.05) is 0 Å². The Labute approximate surface area is 101 Å². The number of methoxy groups -OCH3 is 2. The number of carbonyl (C=O) groups excluding carboxylic acids is 1. The Morgan fingerprint density at radius 1 is 1.29 bits per heavy atom. The van der Waals surface area contributed by atoms with E-state index < -0.39 is 23.1 Å². The number of hydrogen-bond acceptors (Lipinski definition) is 5. The first kappa shape index (κ1) is 13.1. The van der Waals surface area contributed by atoms with Crippen molar-refractivity contribution >= 4 is 23.4 Å². The summed E-state index contributed by atoms with van der Waals surface area (Å²) in [6.45, 7) is 0. The van der Waals surface area contributed by atoms with E-state index >= 15 is 0 Å². The lowest BCUT2D eigenvalue weighted by Crippen LogP contribution is -2.13. The number of ether oxygens (including phenoxy) is 2. The maximum Gasteiger partial charge on any atom is 0.377 e. The molecule has 0 radical (unpaired) electrons. The van der Waals surface area contributed by atoms with Crippen molar-refractivity contribution in [3.05, 3.63) is 16.7 Å². The Balaban J connectivity index is 3.50. The molecule has 0 saturated heterocycles. The molecular weight excluding hydrogens is 252 g/mol. The first-order valence-electron chi connectivity index (χ1n) is 4.35. The van der Waals surface area contributed by atoms with E-state index in [4.69, 9.17) is 26.2 Å². The zero-order valence-corrected chi connectivity index (χ0v) is 9.74. The molecule has 0 aliphatic rings. The van der Waals surface area contributed by atoms with E-state index in [-0.39, 0.29) is 16.5 Å². The van der Waals surface area contributed by atoms with Gasteiger partial charge in [-0.05, 0) is 6.07 Å². The predicted octanol–water partition coefficient (Wildman–Crippen LogP) is 1.33. The molecule has 2 N–H and O–H groups in total. The summed E-state index contributed by atoms with van der Waals surface area (Å²) in [4.78, 5) is 21.8. The number of aromatic hydroxyl groups is 1. The van der Waals surface area contributed by atoms with Crippen molar-refractivity contribution in [2.45, 2.75) is 0 Å². The quantitative estimate of drug-likeness (QED) is 0.627. The number of carboxylic acid groups (broad SMARTS) is 1. The number of halogens is 1. The molecule has 0 amide bonds. The van der Waals surface area contributed by atoms with Gasteiger partial charge in [-0.3, -0.25) is 4.79 Å². The summed E-state index contributed by atoms with van der Waals surface area (Å²) in [6.07, 6.45) is 0. The van der Waals surface area contributed by atoms with E-state index in [1.165, 1.54) is 14.2 Å². The molecule has 0 heterocycles. The molecule has 1 aromatic rings. The number of carbonyl (C=O) groups is 2. The number of carboxylic acids is 1. The molecule has 0 fully saturated rings. The summed E-state index contributed by atoms with van der Waals surface area (Å²) in [5, 5.41) is 17.9. The SMILES string of the molecule is COc1cc(C(=O)C(=O)O)c(O)c(Cl)c1OC. The van der Waals surface area contributed by atoms with Crippen LogP contribution in [0.1, 0.15) is 10.4 Å². The lowest BCUT2D eigenvalue weighted by molar-refractivity contribution is -0.131. The number of hydrogen-bond donors (Lipinski definition) is 2. The second-order valence-electron chi connectivity index (χ2n) is 2.96. The monoisotopic (exact) mass is 260 g/mol. The number of Topliss-reactive ketones (excluding diaryl/α,β-unsaturated/α-hetero) is 1. The molecule has 1 rings (SSSR count). The van der Waals surface area contributed by atoms with Crippen molar-refractivity contribution in [3.63, 3.8) is 0 Å². The Hall–Kier alpha value is -1.95. The van der Waals surface area contributed by atoms with Crippen LogP contribution in [0.3, 0.4) is 0 Å². The van der Waals surface area contributed by atoms with Gasteiger partial charge in [-0.1, -0.05) is 11.6 Å². The van der Waals surface area contributed by atoms with Crippen LogP contribution in [0.5, 0.6) is 17.2 Å². The second-order valence-corrected chi connectivity index (χ2v) is 3.33. The lowest BCUT2D eigenvalue weighted by Gasteiger charge is -2.12. The minimum Gasteiger partial charge on any atom is -0.505 e. The van der Waals surface area contributed by atoms with Gasteiger partial charge in [0.05, 0.1) is 19.8 Å². The molecule has 17 heavy (non-hydrogen) atoms. The number of aliphatic carboxylic acids is 1. The van der Waals surface area contributed by atoms with E-state index in [0.29, 0.717) is 0 Å². The van der Waals surface area contributed by atoms with Crippen molar-refractivity contribution in [2.24, 2.45) is 0 Å². The van der Waals surface area contributed by atoms with E-state index in [1.807, 2.05) is 0 Å². The molecule has 1 aromatic carbocycles. The summed E-state index contributed by atoms with van der Waals surface area (Å²) in [5.41, 5.74) is -0.458. The maximum atomic E-state index is 11.3. The highest BCUT2D eigenvalue weighted by Gasteiger charge is 2.25. The standard InChI is InChI=1S/C10H9ClO6/c1-16-5-3-4(8(13)10(14)15)7(12)6(11)9(5)17-2/h3,12H,1-2H3,(H,14,15). The average Bonchev–Trinajstić information content (AvgIpc) is 2.31. The summed E-state index contributed by atoms with van der Waals surface area (Å²) >= 11 is 5.73. The number of benzene rings is 1. The molecule has 0 bridgehead atoms. The van der Waals surface area contributed by atoms with Crippen molar-refractivity contribution in [1.82, 2.24) is 0 Å². The fourth-order valence-corrected chi connectivity index (χ4v) is 1.50. The Morgan fingerprint density at radius 3 is 2.29 bits per heavy atom. The molecule has 0 aliphatic heterocycles. The van der Waals surface area contributed by atoms with Gasteiger partial charge < -0.3 is 19.7 Å². The van der Waals surface area contributed by atoms with E-state index in [9.17, 15) is 14.7 Å². The fourth-order valence-electron chi connectivity index (χ4n) is 1.23. The van der Waals surface area contributed by atoms with Crippen molar-refractivity contribution in [1.29, 1.82) is 0 Å². The minimum absolute atomic E-state index is 0.0219. The number of phenols is 1. The normalized spacial score (nSPS) is 9.82. The molecule has 0 spiro atoms. The van der Waals surface area contributed by atoms with Crippen LogP contribution in [0.2, 0.25) is 5.02 Å². The van der Waals surface area contributed by atoms with Crippen molar-refractivity contribution in [3.8, 4) is 17.2 Å². The van der Waals surface area contributed by atoms with Gasteiger partial charge in [-0.15, -0.1) is 0 Å². The number of phenolic OH excluding ortho intramolecular Hbond substituents is 1. The number of rotatable bonds is 4. The van der Waals surface area contributed by atoms with Gasteiger partial charge in [0.1, 0.15) is 10.8 Å².